The van der Waals surface area contributed by atoms with Gasteiger partial charge in [0.15, 0.2) is 5.13 Å². The Balaban J connectivity index is 1.26. The van der Waals surface area contributed by atoms with Crippen LogP contribution in [0.1, 0.15) is 33.1 Å². The molecule has 0 aliphatic carbocycles. The number of amides is 2. The predicted molar refractivity (Wildman–Crippen MR) is 108 cm³/mol. The molecule has 2 aliphatic rings. The third-order valence-electron chi connectivity index (χ3n) is 5.38. The number of hydrogen-bond acceptors (Lipinski definition) is 5. The number of urea groups is 1. The molecular formula is C19H33N5OS. The Morgan fingerprint density at radius 1 is 1.19 bits per heavy atom. The lowest BCUT2D eigenvalue weighted by Gasteiger charge is -2.35. The smallest absolute Gasteiger partial charge is 0.317 e. The number of piperidine rings is 1. The zero-order valence-electron chi connectivity index (χ0n) is 16.2. The number of piperazine rings is 1. The van der Waals surface area contributed by atoms with Gasteiger partial charge in [0.2, 0.25) is 0 Å². The molecule has 1 aromatic rings. The molecule has 2 aliphatic heterocycles. The number of anilines is 1. The fourth-order valence-electron chi connectivity index (χ4n) is 4.22. The summed E-state index contributed by atoms with van der Waals surface area (Å²) in [6.45, 7) is 12.4. The molecule has 26 heavy (non-hydrogen) atoms. The van der Waals surface area contributed by atoms with Crippen molar-refractivity contribution in [3.05, 3.63) is 11.6 Å². The van der Waals surface area contributed by atoms with Gasteiger partial charge >= 0.3 is 6.03 Å². The van der Waals surface area contributed by atoms with Gasteiger partial charge in [0.25, 0.3) is 0 Å². The minimum absolute atomic E-state index is 0.0870. The van der Waals surface area contributed by atoms with Gasteiger partial charge in [-0.1, -0.05) is 13.8 Å². The van der Waals surface area contributed by atoms with Crippen LogP contribution in [0.3, 0.4) is 0 Å². The molecule has 0 saturated carbocycles. The van der Waals surface area contributed by atoms with Crippen molar-refractivity contribution >= 4 is 22.5 Å². The first-order valence-electron chi connectivity index (χ1n) is 10.0. The van der Waals surface area contributed by atoms with Crippen LogP contribution in [-0.2, 0) is 0 Å². The minimum atomic E-state index is 0.0870. The number of carbonyl (C=O) groups excluding carboxylic acids is 1. The molecule has 3 rings (SSSR count). The van der Waals surface area contributed by atoms with Crippen LogP contribution >= 0.6 is 11.3 Å². The first kappa shape index (κ1) is 19.4. The predicted octanol–water partition coefficient (Wildman–Crippen LogP) is 2.73. The van der Waals surface area contributed by atoms with E-state index in [4.69, 9.17) is 0 Å². The topological polar surface area (TPSA) is 51.7 Å². The summed E-state index contributed by atoms with van der Waals surface area (Å²) in [5, 5.41) is 6.16. The lowest BCUT2D eigenvalue weighted by Crippen LogP contribution is -2.52. The molecule has 0 radical (unpaired) electrons. The maximum Gasteiger partial charge on any atom is 0.317 e. The van der Waals surface area contributed by atoms with Gasteiger partial charge in [-0.15, -0.1) is 11.3 Å². The molecule has 2 amide bonds. The minimum Gasteiger partial charge on any atom is -0.345 e. The van der Waals surface area contributed by atoms with Crippen LogP contribution in [0.2, 0.25) is 0 Å². The molecule has 1 N–H and O–H groups in total. The zero-order chi connectivity index (χ0) is 18.4. The van der Waals surface area contributed by atoms with Crippen LogP contribution in [0, 0.1) is 11.8 Å². The van der Waals surface area contributed by atoms with E-state index in [1.54, 1.807) is 11.3 Å². The summed E-state index contributed by atoms with van der Waals surface area (Å²) < 4.78 is 0. The number of aromatic nitrogens is 1. The molecule has 6 nitrogen and oxygen atoms in total. The fourth-order valence-corrected chi connectivity index (χ4v) is 4.91. The van der Waals surface area contributed by atoms with E-state index in [2.05, 4.69) is 33.9 Å². The van der Waals surface area contributed by atoms with Crippen LogP contribution in [-0.4, -0.2) is 73.2 Å². The Hall–Kier alpha value is -1.34. The van der Waals surface area contributed by atoms with Crippen LogP contribution < -0.4 is 10.2 Å². The summed E-state index contributed by atoms with van der Waals surface area (Å²) in [5.74, 6) is 1.64. The Labute approximate surface area is 161 Å². The normalized spacial score (nSPS) is 24.7. The monoisotopic (exact) mass is 379 g/mol. The van der Waals surface area contributed by atoms with Crippen LogP contribution in [0.5, 0.6) is 0 Å². The first-order chi connectivity index (χ1) is 12.6. The van der Waals surface area contributed by atoms with Crippen molar-refractivity contribution in [1.82, 2.24) is 20.1 Å². The van der Waals surface area contributed by atoms with Gasteiger partial charge in [0.1, 0.15) is 0 Å². The molecule has 7 heteroatoms. The Morgan fingerprint density at radius 2 is 1.92 bits per heavy atom. The number of nitrogens with one attached hydrogen (secondary N) is 1. The third-order valence-corrected chi connectivity index (χ3v) is 6.21. The third kappa shape index (κ3) is 5.58. The molecule has 3 heterocycles. The molecule has 2 atom stereocenters. The summed E-state index contributed by atoms with van der Waals surface area (Å²) >= 11 is 1.66. The highest BCUT2D eigenvalue weighted by Crippen LogP contribution is 2.21. The van der Waals surface area contributed by atoms with E-state index >= 15 is 0 Å². The number of rotatable bonds is 6. The second kappa shape index (κ2) is 9.55. The Kier molecular flexibility index (Phi) is 7.14. The van der Waals surface area contributed by atoms with Gasteiger partial charge < -0.3 is 20.0 Å². The van der Waals surface area contributed by atoms with Gasteiger partial charge in [-0.05, 0) is 37.6 Å². The van der Waals surface area contributed by atoms with Crippen molar-refractivity contribution in [3.8, 4) is 0 Å². The number of hydrogen-bond donors (Lipinski definition) is 1. The summed E-state index contributed by atoms with van der Waals surface area (Å²) in [7, 11) is 0. The van der Waals surface area contributed by atoms with Crippen LogP contribution in [0.15, 0.2) is 11.6 Å². The SMILES string of the molecule is CC1CC(C)CN(CCCCNC(=O)N2CCN(c3nccs3)CC2)C1. The summed E-state index contributed by atoms with van der Waals surface area (Å²) in [4.78, 5) is 23.4. The largest absolute Gasteiger partial charge is 0.345 e. The molecule has 2 saturated heterocycles. The molecular weight excluding hydrogens is 346 g/mol. The van der Waals surface area contributed by atoms with E-state index in [1.807, 2.05) is 16.5 Å². The number of unbranched alkanes of at least 4 members (excludes halogenated alkanes) is 1. The van der Waals surface area contributed by atoms with Crippen molar-refractivity contribution < 1.29 is 4.79 Å². The van der Waals surface area contributed by atoms with Crippen molar-refractivity contribution in [1.29, 1.82) is 0 Å². The maximum absolute atomic E-state index is 12.3. The van der Waals surface area contributed by atoms with Crippen molar-refractivity contribution in [3.63, 3.8) is 0 Å². The van der Waals surface area contributed by atoms with Crippen LogP contribution in [0.25, 0.3) is 0 Å². The van der Waals surface area contributed by atoms with Gasteiger partial charge in [0, 0.05) is 57.4 Å². The zero-order valence-corrected chi connectivity index (χ0v) is 17.0. The second-order valence-electron chi connectivity index (χ2n) is 7.93. The molecule has 0 bridgehead atoms. The van der Waals surface area contributed by atoms with E-state index in [1.165, 1.54) is 19.5 Å². The molecule has 0 aromatic carbocycles. The van der Waals surface area contributed by atoms with E-state index < -0.39 is 0 Å². The quantitative estimate of drug-likeness (QED) is 0.772. The molecule has 146 valence electrons. The lowest BCUT2D eigenvalue weighted by molar-refractivity contribution is 0.139. The average Bonchev–Trinajstić information content (AvgIpc) is 3.15. The molecule has 0 spiro atoms. The average molecular weight is 380 g/mol. The van der Waals surface area contributed by atoms with Gasteiger partial charge in [-0.25, -0.2) is 9.78 Å². The molecule has 2 fully saturated rings. The Bertz CT molecular complexity index is 534. The Morgan fingerprint density at radius 3 is 2.58 bits per heavy atom. The standard InChI is InChI=1S/C19H33N5OS/c1-16-13-17(2)15-22(14-16)7-4-3-5-20-18(25)23-8-10-24(11-9-23)19-21-6-12-26-19/h6,12,16-17H,3-5,7-11,13-15H2,1-2H3,(H,20,25). The highest BCUT2D eigenvalue weighted by Gasteiger charge is 2.23. The summed E-state index contributed by atoms with van der Waals surface area (Å²) in [6.07, 6.45) is 5.42. The summed E-state index contributed by atoms with van der Waals surface area (Å²) in [5.41, 5.74) is 0. The van der Waals surface area contributed by atoms with Crippen LogP contribution in [0.4, 0.5) is 9.93 Å². The van der Waals surface area contributed by atoms with Gasteiger partial charge in [-0.3, -0.25) is 0 Å². The van der Waals surface area contributed by atoms with E-state index in [0.717, 1.165) is 69.1 Å². The van der Waals surface area contributed by atoms with E-state index in [0.29, 0.717) is 0 Å². The van der Waals surface area contributed by atoms with E-state index in [-0.39, 0.29) is 6.03 Å². The second-order valence-corrected chi connectivity index (χ2v) is 8.81. The fraction of sp³-hybridized carbons (Fsp3) is 0.789. The lowest BCUT2D eigenvalue weighted by atomic mass is 9.92. The van der Waals surface area contributed by atoms with Crippen molar-refractivity contribution in [2.75, 3.05) is 57.3 Å². The van der Waals surface area contributed by atoms with Crippen molar-refractivity contribution in [2.45, 2.75) is 33.1 Å². The highest BCUT2D eigenvalue weighted by molar-refractivity contribution is 7.13. The number of carbonyl (C=O) groups is 1. The first-order valence-corrected chi connectivity index (χ1v) is 10.9. The number of likely N-dealkylation sites (tertiary alicyclic amines) is 1. The van der Waals surface area contributed by atoms with E-state index in [9.17, 15) is 4.79 Å². The highest BCUT2D eigenvalue weighted by atomic mass is 32.1. The molecule has 2 unspecified atom stereocenters. The van der Waals surface area contributed by atoms with Gasteiger partial charge in [0.05, 0.1) is 0 Å². The number of thiazole rings is 1. The molecule has 1 aromatic heterocycles. The maximum atomic E-state index is 12.3. The van der Waals surface area contributed by atoms with Crippen molar-refractivity contribution in [2.24, 2.45) is 11.8 Å². The summed E-state index contributed by atoms with van der Waals surface area (Å²) in [6, 6.07) is 0.0870. The number of nitrogens with zero attached hydrogens (tertiary/aromatic N) is 4. The van der Waals surface area contributed by atoms with Gasteiger partial charge in [-0.2, -0.15) is 0 Å².